The van der Waals surface area contributed by atoms with E-state index in [4.69, 9.17) is 4.42 Å². The molecular formula is C12H8INO2. The van der Waals surface area contributed by atoms with E-state index in [-0.39, 0.29) is 5.78 Å². The number of hydrogen-bond acceptors (Lipinski definition) is 3. The second-order valence-corrected chi connectivity index (χ2v) is 4.14. The Balaban J connectivity index is 2.11. The Labute approximate surface area is 106 Å². The highest BCUT2D eigenvalue weighted by molar-refractivity contribution is 14.1. The molecular weight excluding hydrogens is 317 g/mol. The van der Waals surface area contributed by atoms with Crippen molar-refractivity contribution >= 4 is 34.5 Å². The number of carbonyl (C=O) groups is 1. The molecule has 3 nitrogen and oxygen atoms in total. The van der Waals surface area contributed by atoms with Gasteiger partial charge in [-0.15, -0.1) is 0 Å². The van der Waals surface area contributed by atoms with Gasteiger partial charge in [-0.2, -0.15) is 0 Å². The smallest absolute Gasteiger partial charge is 0.187 e. The average molecular weight is 325 g/mol. The summed E-state index contributed by atoms with van der Waals surface area (Å²) in [6.07, 6.45) is 6.30. The SMILES string of the molecule is O=C(/C=C\c1ccc(I)o1)c1cccnc1. The van der Waals surface area contributed by atoms with Crippen LogP contribution in [0.2, 0.25) is 0 Å². The summed E-state index contributed by atoms with van der Waals surface area (Å²) in [5, 5.41) is 0. The van der Waals surface area contributed by atoms with E-state index in [1.54, 1.807) is 30.6 Å². The first-order chi connectivity index (χ1) is 7.75. The Bertz CT molecular complexity index is 517. The third kappa shape index (κ3) is 2.79. The molecule has 16 heavy (non-hydrogen) atoms. The van der Waals surface area contributed by atoms with E-state index in [2.05, 4.69) is 27.6 Å². The van der Waals surface area contributed by atoms with Gasteiger partial charge in [-0.25, -0.2) is 0 Å². The topological polar surface area (TPSA) is 43.1 Å². The Morgan fingerprint density at radius 3 is 2.88 bits per heavy atom. The monoisotopic (exact) mass is 325 g/mol. The van der Waals surface area contributed by atoms with Crippen molar-refractivity contribution in [3.8, 4) is 0 Å². The van der Waals surface area contributed by atoms with Gasteiger partial charge in [-0.1, -0.05) is 0 Å². The van der Waals surface area contributed by atoms with Crippen LogP contribution in [0.15, 0.2) is 47.2 Å². The van der Waals surface area contributed by atoms with Crippen molar-refractivity contribution in [3.05, 3.63) is 57.8 Å². The summed E-state index contributed by atoms with van der Waals surface area (Å²) >= 11 is 2.07. The Morgan fingerprint density at radius 2 is 2.25 bits per heavy atom. The fourth-order valence-electron chi connectivity index (χ4n) is 1.18. The highest BCUT2D eigenvalue weighted by atomic mass is 127. The maximum atomic E-state index is 11.7. The van der Waals surface area contributed by atoms with Crippen molar-refractivity contribution in [2.75, 3.05) is 0 Å². The minimum Gasteiger partial charge on any atom is -0.451 e. The van der Waals surface area contributed by atoms with Crippen molar-refractivity contribution in [3.63, 3.8) is 0 Å². The highest BCUT2D eigenvalue weighted by Gasteiger charge is 2.01. The normalized spacial score (nSPS) is 10.8. The first-order valence-corrected chi connectivity index (χ1v) is 5.71. The number of rotatable bonds is 3. The van der Waals surface area contributed by atoms with E-state index in [1.165, 1.54) is 6.08 Å². The quantitative estimate of drug-likeness (QED) is 0.495. The van der Waals surface area contributed by atoms with Crippen molar-refractivity contribution in [2.24, 2.45) is 0 Å². The number of allylic oxidation sites excluding steroid dienone is 1. The van der Waals surface area contributed by atoms with Crippen molar-refractivity contribution in [1.29, 1.82) is 0 Å². The van der Waals surface area contributed by atoms with Gasteiger partial charge >= 0.3 is 0 Å². The summed E-state index contributed by atoms with van der Waals surface area (Å²) in [5.41, 5.74) is 0.569. The first kappa shape index (κ1) is 11.1. The third-order valence-electron chi connectivity index (χ3n) is 1.94. The van der Waals surface area contributed by atoms with Crippen LogP contribution in [-0.4, -0.2) is 10.8 Å². The minimum absolute atomic E-state index is 0.0838. The van der Waals surface area contributed by atoms with Gasteiger partial charge in [0, 0.05) is 18.0 Å². The molecule has 80 valence electrons. The molecule has 0 unspecified atom stereocenters. The Morgan fingerprint density at radius 1 is 1.38 bits per heavy atom. The molecule has 0 aliphatic carbocycles. The molecule has 0 saturated carbocycles. The molecule has 0 aliphatic rings. The van der Waals surface area contributed by atoms with Gasteiger partial charge in [0.15, 0.2) is 9.55 Å². The summed E-state index contributed by atoms with van der Waals surface area (Å²) < 4.78 is 6.10. The molecule has 0 bridgehead atoms. The molecule has 0 saturated heterocycles. The van der Waals surface area contributed by atoms with Crippen molar-refractivity contribution < 1.29 is 9.21 Å². The van der Waals surface area contributed by atoms with Crippen molar-refractivity contribution in [1.82, 2.24) is 4.98 Å². The van der Waals surface area contributed by atoms with Crippen LogP contribution in [0.1, 0.15) is 16.1 Å². The van der Waals surface area contributed by atoms with Crippen LogP contribution in [0.3, 0.4) is 0 Å². The lowest BCUT2D eigenvalue weighted by Gasteiger charge is -1.92. The van der Waals surface area contributed by atoms with E-state index >= 15 is 0 Å². The van der Waals surface area contributed by atoms with Crippen LogP contribution in [0, 0.1) is 3.77 Å². The fourth-order valence-corrected chi connectivity index (χ4v) is 1.61. The Hall–Kier alpha value is -1.43. The lowest BCUT2D eigenvalue weighted by Crippen LogP contribution is -1.93. The summed E-state index contributed by atoms with van der Waals surface area (Å²) in [4.78, 5) is 15.5. The van der Waals surface area contributed by atoms with Gasteiger partial charge < -0.3 is 4.42 Å². The fraction of sp³-hybridized carbons (Fsp3) is 0. The zero-order chi connectivity index (χ0) is 11.4. The zero-order valence-electron chi connectivity index (χ0n) is 8.26. The van der Waals surface area contributed by atoms with Gasteiger partial charge in [-0.05, 0) is 59.0 Å². The van der Waals surface area contributed by atoms with Gasteiger partial charge in [0.05, 0.1) is 0 Å². The molecule has 4 heteroatoms. The van der Waals surface area contributed by atoms with Crippen LogP contribution in [0.4, 0.5) is 0 Å². The molecule has 0 aromatic carbocycles. The van der Waals surface area contributed by atoms with Gasteiger partial charge in [0.2, 0.25) is 0 Å². The largest absolute Gasteiger partial charge is 0.451 e. The van der Waals surface area contributed by atoms with Crippen LogP contribution in [0.5, 0.6) is 0 Å². The number of hydrogen-bond donors (Lipinski definition) is 0. The van der Waals surface area contributed by atoms with E-state index in [0.717, 1.165) is 3.77 Å². The molecule has 2 aromatic heterocycles. The van der Waals surface area contributed by atoms with Crippen molar-refractivity contribution in [2.45, 2.75) is 0 Å². The third-order valence-corrected chi connectivity index (χ3v) is 2.52. The molecule has 0 N–H and O–H groups in total. The number of furan rings is 1. The van der Waals surface area contributed by atoms with Crippen LogP contribution in [-0.2, 0) is 0 Å². The second kappa shape index (κ2) is 5.07. The molecule has 0 spiro atoms. The number of carbonyl (C=O) groups excluding carboxylic acids is 1. The number of pyridine rings is 1. The van der Waals surface area contributed by atoms with Crippen LogP contribution >= 0.6 is 22.6 Å². The van der Waals surface area contributed by atoms with E-state index in [1.807, 2.05) is 12.1 Å². The van der Waals surface area contributed by atoms with Gasteiger partial charge in [0.1, 0.15) is 5.76 Å². The second-order valence-electron chi connectivity index (χ2n) is 3.08. The summed E-state index contributed by atoms with van der Waals surface area (Å²) in [7, 11) is 0. The highest BCUT2D eigenvalue weighted by Crippen LogP contribution is 2.12. The molecule has 2 aromatic rings. The lowest BCUT2D eigenvalue weighted by atomic mass is 10.2. The average Bonchev–Trinajstić information content (AvgIpc) is 2.73. The molecule has 0 atom stereocenters. The zero-order valence-corrected chi connectivity index (χ0v) is 10.4. The van der Waals surface area contributed by atoms with Gasteiger partial charge in [-0.3, -0.25) is 9.78 Å². The summed E-state index contributed by atoms with van der Waals surface area (Å²) in [6, 6.07) is 7.12. The van der Waals surface area contributed by atoms with Crippen LogP contribution < -0.4 is 0 Å². The number of aromatic nitrogens is 1. The molecule has 2 rings (SSSR count). The first-order valence-electron chi connectivity index (χ1n) is 4.63. The van der Waals surface area contributed by atoms with Gasteiger partial charge in [0.25, 0.3) is 0 Å². The molecule has 0 aliphatic heterocycles. The number of ketones is 1. The molecule has 0 fully saturated rings. The Kier molecular flexibility index (Phi) is 3.51. The molecule has 0 radical (unpaired) electrons. The predicted molar refractivity (Wildman–Crippen MR) is 69.0 cm³/mol. The number of halogens is 1. The minimum atomic E-state index is -0.0838. The van der Waals surface area contributed by atoms with Crippen LogP contribution in [0.25, 0.3) is 6.08 Å². The van der Waals surface area contributed by atoms with E-state index in [0.29, 0.717) is 11.3 Å². The summed E-state index contributed by atoms with van der Waals surface area (Å²) in [5.74, 6) is 0.584. The van der Waals surface area contributed by atoms with E-state index < -0.39 is 0 Å². The van der Waals surface area contributed by atoms with E-state index in [9.17, 15) is 4.79 Å². The standard InChI is InChI=1S/C12H8INO2/c13-12-6-4-10(16-12)3-5-11(15)9-2-1-7-14-8-9/h1-8H/b5-3-. The summed E-state index contributed by atoms with van der Waals surface area (Å²) in [6.45, 7) is 0. The maximum absolute atomic E-state index is 11.7. The number of nitrogens with zero attached hydrogens (tertiary/aromatic N) is 1. The molecule has 2 heterocycles. The maximum Gasteiger partial charge on any atom is 0.187 e. The predicted octanol–water partition coefficient (Wildman–Crippen LogP) is 3.18. The lowest BCUT2D eigenvalue weighted by molar-refractivity contribution is 0.104. The molecule has 0 amide bonds.